The second kappa shape index (κ2) is 6.24. The zero-order valence-corrected chi connectivity index (χ0v) is 17.3. The van der Waals surface area contributed by atoms with E-state index in [-0.39, 0.29) is 11.5 Å². The van der Waals surface area contributed by atoms with Crippen molar-refractivity contribution in [2.45, 2.75) is 84.7 Å². The van der Waals surface area contributed by atoms with Gasteiger partial charge in [-0.05, 0) is 105 Å². The quantitative estimate of drug-likeness (QED) is 0.624. The van der Waals surface area contributed by atoms with Gasteiger partial charge < -0.3 is 9.52 Å². The van der Waals surface area contributed by atoms with Crippen molar-refractivity contribution >= 4 is 6.08 Å². The number of aryl methyl sites for hydroxylation is 1. The average Bonchev–Trinajstić information content (AvgIpc) is 3.16. The van der Waals surface area contributed by atoms with Crippen LogP contribution >= 0.6 is 0 Å². The second-order valence-corrected chi connectivity index (χ2v) is 10.7. The first-order valence-electron chi connectivity index (χ1n) is 11.4. The molecular formula is C25H36O2. The Hall–Kier alpha value is -1.02. The van der Waals surface area contributed by atoms with Gasteiger partial charge in [0.05, 0.1) is 6.10 Å². The van der Waals surface area contributed by atoms with Crippen LogP contribution in [0.15, 0.2) is 22.1 Å². The van der Waals surface area contributed by atoms with Gasteiger partial charge in [-0.25, -0.2) is 0 Å². The maximum atomic E-state index is 11.3. The van der Waals surface area contributed by atoms with Gasteiger partial charge in [0.1, 0.15) is 11.5 Å². The minimum absolute atomic E-state index is 0.0620. The summed E-state index contributed by atoms with van der Waals surface area (Å²) in [5, 5.41) is 11.3. The van der Waals surface area contributed by atoms with Crippen molar-refractivity contribution in [3.8, 4) is 0 Å². The number of aliphatic hydroxyl groups excluding tert-OH is 1. The molecule has 4 saturated carbocycles. The summed E-state index contributed by atoms with van der Waals surface area (Å²) >= 11 is 0. The second-order valence-electron chi connectivity index (χ2n) is 10.7. The maximum Gasteiger partial charge on any atom is 0.127 e. The molecular weight excluding hydrogens is 332 g/mol. The summed E-state index contributed by atoms with van der Waals surface area (Å²) in [4.78, 5) is 0. The largest absolute Gasteiger partial charge is 0.462 e. The van der Waals surface area contributed by atoms with E-state index in [0.717, 1.165) is 35.7 Å². The van der Waals surface area contributed by atoms with Crippen LogP contribution in [0.4, 0.5) is 0 Å². The molecule has 5 rings (SSSR count). The Morgan fingerprint density at radius 3 is 2.63 bits per heavy atom. The lowest BCUT2D eigenvalue weighted by Crippen LogP contribution is -2.53. The van der Waals surface area contributed by atoms with Crippen LogP contribution in [-0.4, -0.2) is 11.2 Å². The Bertz CT molecular complexity index is 745. The molecule has 7 atom stereocenters. The van der Waals surface area contributed by atoms with Crippen LogP contribution < -0.4 is 0 Å². The van der Waals surface area contributed by atoms with E-state index in [1.807, 2.05) is 19.1 Å². The van der Waals surface area contributed by atoms with E-state index < -0.39 is 0 Å². The lowest BCUT2D eigenvalue weighted by atomic mass is 9.45. The summed E-state index contributed by atoms with van der Waals surface area (Å²) in [6.45, 7) is 6.99. The van der Waals surface area contributed by atoms with Crippen molar-refractivity contribution in [2.75, 3.05) is 0 Å². The topological polar surface area (TPSA) is 33.4 Å². The highest BCUT2D eigenvalue weighted by molar-refractivity contribution is 5.51. The summed E-state index contributed by atoms with van der Waals surface area (Å²) in [6, 6.07) is 4.06. The number of rotatable bonds is 1. The van der Waals surface area contributed by atoms with Gasteiger partial charge in [0.2, 0.25) is 0 Å². The molecule has 1 aromatic rings. The van der Waals surface area contributed by atoms with Crippen LogP contribution in [0.3, 0.4) is 0 Å². The van der Waals surface area contributed by atoms with Crippen molar-refractivity contribution in [3.63, 3.8) is 0 Å². The van der Waals surface area contributed by atoms with Crippen molar-refractivity contribution in [1.82, 2.24) is 0 Å². The Kier molecular flexibility index (Phi) is 4.17. The highest BCUT2D eigenvalue weighted by Crippen LogP contribution is 2.67. The van der Waals surface area contributed by atoms with Gasteiger partial charge >= 0.3 is 0 Å². The van der Waals surface area contributed by atoms with Gasteiger partial charge in [-0.3, -0.25) is 0 Å². The molecule has 0 bridgehead atoms. The van der Waals surface area contributed by atoms with Crippen molar-refractivity contribution in [2.24, 2.45) is 34.5 Å². The van der Waals surface area contributed by atoms with Gasteiger partial charge in [0.15, 0.2) is 0 Å². The molecule has 1 N–H and O–H groups in total. The van der Waals surface area contributed by atoms with E-state index >= 15 is 0 Å². The lowest BCUT2D eigenvalue weighted by Gasteiger charge is -2.60. The summed E-state index contributed by atoms with van der Waals surface area (Å²) < 4.78 is 5.79. The van der Waals surface area contributed by atoms with Crippen molar-refractivity contribution in [3.05, 3.63) is 29.2 Å². The summed E-state index contributed by atoms with van der Waals surface area (Å²) in [7, 11) is 0. The van der Waals surface area contributed by atoms with Gasteiger partial charge in [-0.2, -0.15) is 0 Å². The number of hydrogen-bond donors (Lipinski definition) is 1. The normalized spacial score (nSPS) is 48.1. The predicted molar refractivity (Wildman–Crippen MR) is 109 cm³/mol. The third kappa shape index (κ3) is 2.62. The van der Waals surface area contributed by atoms with Gasteiger partial charge in [0, 0.05) is 5.41 Å². The molecule has 1 heterocycles. The average molecular weight is 369 g/mol. The molecule has 1 aromatic heterocycles. The summed E-state index contributed by atoms with van der Waals surface area (Å²) in [5.74, 6) is 5.15. The zero-order chi connectivity index (χ0) is 18.8. The smallest absolute Gasteiger partial charge is 0.127 e. The molecule has 0 aromatic carbocycles. The molecule has 0 radical (unpaired) electrons. The van der Waals surface area contributed by atoms with Gasteiger partial charge in [-0.15, -0.1) is 0 Å². The standard InChI is InChI=1S/C25H36O2/c1-16-7-9-19(27-16)14-17-15-22-20-10-8-18-6-4-5-12-24(18,2)21(20)11-13-25(22,3)23(17)26/h7,9,14,18,20-23,26H,4-6,8,10-13,15H2,1-3H3/b17-14+/t18-,20-,21+,22+,23+,24+,25+/m1/s1. The van der Waals surface area contributed by atoms with E-state index in [0.29, 0.717) is 11.3 Å². The number of aliphatic hydroxyl groups is 1. The Balaban J connectivity index is 1.45. The van der Waals surface area contributed by atoms with Crippen LogP contribution in [-0.2, 0) is 0 Å². The highest BCUT2D eigenvalue weighted by Gasteiger charge is 2.60. The van der Waals surface area contributed by atoms with Gasteiger partial charge in [0.25, 0.3) is 0 Å². The SMILES string of the molecule is Cc1ccc(/C=C2\C[C@H]3[C@@H]4CC[C@H]5CCCC[C@]5(C)[C@H]4CC[C@]3(C)[C@H]2O)o1. The molecule has 4 aliphatic rings. The number of furan rings is 1. The molecule has 2 nitrogen and oxygen atoms in total. The predicted octanol–water partition coefficient (Wildman–Crippen LogP) is 6.38. The lowest BCUT2D eigenvalue weighted by molar-refractivity contribution is -0.119. The molecule has 0 saturated heterocycles. The van der Waals surface area contributed by atoms with Crippen LogP contribution in [0, 0.1) is 41.4 Å². The van der Waals surface area contributed by atoms with E-state index in [2.05, 4.69) is 19.9 Å². The van der Waals surface area contributed by atoms with Crippen molar-refractivity contribution in [1.29, 1.82) is 0 Å². The van der Waals surface area contributed by atoms with E-state index in [9.17, 15) is 5.11 Å². The van der Waals surface area contributed by atoms with E-state index in [1.165, 1.54) is 56.9 Å². The third-order valence-electron chi connectivity index (χ3n) is 9.54. The van der Waals surface area contributed by atoms with Crippen LogP contribution in [0.1, 0.15) is 83.2 Å². The van der Waals surface area contributed by atoms with Gasteiger partial charge in [-0.1, -0.05) is 26.7 Å². The molecule has 0 aliphatic heterocycles. The molecule has 4 fully saturated rings. The molecule has 0 spiro atoms. The molecule has 148 valence electrons. The molecule has 4 aliphatic carbocycles. The fourth-order valence-electron chi connectivity index (χ4n) is 8.01. The molecule has 0 amide bonds. The Morgan fingerprint density at radius 1 is 1.00 bits per heavy atom. The fourth-order valence-corrected chi connectivity index (χ4v) is 8.01. The Labute approximate surface area is 164 Å². The number of fused-ring (bicyclic) bond motifs is 5. The van der Waals surface area contributed by atoms with Crippen LogP contribution in [0.2, 0.25) is 0 Å². The van der Waals surface area contributed by atoms with Crippen molar-refractivity contribution < 1.29 is 9.52 Å². The summed E-state index contributed by atoms with van der Waals surface area (Å²) in [6.07, 6.45) is 14.0. The zero-order valence-electron chi connectivity index (χ0n) is 17.3. The molecule has 2 heteroatoms. The first-order valence-corrected chi connectivity index (χ1v) is 11.4. The van der Waals surface area contributed by atoms with E-state index in [1.54, 1.807) is 0 Å². The summed E-state index contributed by atoms with van der Waals surface area (Å²) in [5.41, 5.74) is 1.85. The first kappa shape index (κ1) is 18.0. The Morgan fingerprint density at radius 2 is 1.85 bits per heavy atom. The fraction of sp³-hybridized carbons (Fsp3) is 0.760. The monoisotopic (exact) mass is 368 g/mol. The highest BCUT2D eigenvalue weighted by atomic mass is 16.3. The van der Waals surface area contributed by atoms with Crippen LogP contribution in [0.5, 0.6) is 0 Å². The minimum atomic E-state index is -0.300. The molecule has 0 unspecified atom stereocenters. The number of hydrogen-bond acceptors (Lipinski definition) is 2. The first-order chi connectivity index (χ1) is 12.9. The molecule has 27 heavy (non-hydrogen) atoms. The maximum absolute atomic E-state index is 11.3. The van der Waals surface area contributed by atoms with Crippen LogP contribution in [0.25, 0.3) is 6.08 Å². The van der Waals surface area contributed by atoms with E-state index in [4.69, 9.17) is 4.42 Å². The third-order valence-corrected chi connectivity index (χ3v) is 9.54. The minimum Gasteiger partial charge on any atom is -0.462 e.